The molecule has 0 aliphatic rings. The Labute approximate surface area is 62.2 Å². The van der Waals surface area contributed by atoms with Gasteiger partial charge in [0.05, 0.1) is 6.04 Å². The third kappa shape index (κ3) is 2.35. The maximum atomic E-state index is 11.1. The molecule has 0 saturated heterocycles. The van der Waals surface area contributed by atoms with Gasteiger partial charge in [-0.2, -0.15) is 0 Å². The zero-order valence-electron chi connectivity index (χ0n) is 6.92. The van der Waals surface area contributed by atoms with E-state index >= 15 is 0 Å². The topological polar surface area (TPSA) is 46.3 Å². The van der Waals surface area contributed by atoms with E-state index < -0.39 is 0 Å². The van der Waals surface area contributed by atoms with Gasteiger partial charge in [-0.05, 0) is 13.3 Å². The molecule has 0 aromatic carbocycles. The van der Waals surface area contributed by atoms with Crippen molar-refractivity contribution in [2.75, 3.05) is 13.6 Å². The molecule has 60 valence electrons. The number of hydrogen-bond acceptors (Lipinski definition) is 2. The molecule has 0 radical (unpaired) electrons. The van der Waals surface area contributed by atoms with Gasteiger partial charge < -0.3 is 10.6 Å². The van der Waals surface area contributed by atoms with Gasteiger partial charge in [-0.15, -0.1) is 0 Å². The van der Waals surface area contributed by atoms with Crippen LogP contribution in [-0.2, 0) is 4.79 Å². The lowest BCUT2D eigenvalue weighted by Crippen LogP contribution is -2.41. The van der Waals surface area contributed by atoms with Crippen molar-refractivity contribution in [2.24, 2.45) is 5.73 Å². The van der Waals surface area contributed by atoms with Crippen molar-refractivity contribution >= 4 is 5.91 Å². The molecule has 2 N–H and O–H groups in total. The van der Waals surface area contributed by atoms with Crippen LogP contribution in [0.5, 0.6) is 0 Å². The number of carbonyl (C=O) groups excluding carboxylic acids is 1. The average molecular weight is 144 g/mol. The summed E-state index contributed by atoms with van der Waals surface area (Å²) in [6.45, 7) is 4.57. The van der Waals surface area contributed by atoms with Gasteiger partial charge in [-0.3, -0.25) is 4.79 Å². The first kappa shape index (κ1) is 9.43. The second-order valence-corrected chi connectivity index (χ2v) is 2.37. The molecule has 0 fully saturated rings. The van der Waals surface area contributed by atoms with Crippen LogP contribution in [-0.4, -0.2) is 30.4 Å². The summed E-state index contributed by atoms with van der Waals surface area (Å²) in [7, 11) is 1.76. The lowest BCUT2D eigenvalue weighted by atomic mass is 10.2. The molecule has 3 nitrogen and oxygen atoms in total. The number of nitrogens with two attached hydrogens (primary N) is 1. The predicted molar refractivity (Wildman–Crippen MR) is 41.6 cm³/mol. The second kappa shape index (κ2) is 4.28. The lowest BCUT2D eigenvalue weighted by molar-refractivity contribution is -0.131. The number of carbonyl (C=O) groups is 1. The first-order valence-corrected chi connectivity index (χ1v) is 3.64. The molecule has 0 aliphatic heterocycles. The van der Waals surface area contributed by atoms with Crippen molar-refractivity contribution in [1.29, 1.82) is 0 Å². The van der Waals surface area contributed by atoms with E-state index in [0.29, 0.717) is 6.42 Å². The maximum absolute atomic E-state index is 11.1. The second-order valence-electron chi connectivity index (χ2n) is 2.37. The van der Waals surface area contributed by atoms with Crippen LogP contribution in [0.4, 0.5) is 0 Å². The molecule has 0 aromatic rings. The summed E-state index contributed by atoms with van der Waals surface area (Å²) < 4.78 is 0. The third-order valence-corrected chi connectivity index (χ3v) is 1.61. The molecule has 0 heterocycles. The van der Waals surface area contributed by atoms with E-state index in [1.165, 1.54) is 0 Å². The Morgan fingerprint density at radius 1 is 1.60 bits per heavy atom. The minimum atomic E-state index is -0.315. The zero-order valence-corrected chi connectivity index (χ0v) is 6.92. The van der Waals surface area contributed by atoms with E-state index in [-0.39, 0.29) is 11.9 Å². The van der Waals surface area contributed by atoms with Gasteiger partial charge in [0.25, 0.3) is 0 Å². The quantitative estimate of drug-likeness (QED) is 0.615. The fourth-order valence-electron chi connectivity index (χ4n) is 0.614. The van der Waals surface area contributed by atoms with E-state index in [2.05, 4.69) is 0 Å². The fourth-order valence-corrected chi connectivity index (χ4v) is 0.614. The number of amides is 1. The monoisotopic (exact) mass is 144 g/mol. The smallest absolute Gasteiger partial charge is 0.239 e. The Hall–Kier alpha value is -0.570. The number of nitrogens with zero attached hydrogens (tertiary/aromatic N) is 1. The molecule has 1 atom stereocenters. The Morgan fingerprint density at radius 3 is 2.40 bits per heavy atom. The summed E-state index contributed by atoms with van der Waals surface area (Å²) in [6.07, 6.45) is 0.711. The minimum absolute atomic E-state index is 0.0324. The number of likely N-dealkylation sites (N-methyl/N-ethyl adjacent to an activating group) is 1. The van der Waals surface area contributed by atoms with Crippen molar-refractivity contribution in [2.45, 2.75) is 26.3 Å². The first-order chi connectivity index (χ1) is 4.63. The third-order valence-electron chi connectivity index (χ3n) is 1.61. The lowest BCUT2D eigenvalue weighted by Gasteiger charge is -2.17. The summed E-state index contributed by atoms with van der Waals surface area (Å²) in [5, 5.41) is 0. The molecule has 0 aromatic heterocycles. The highest BCUT2D eigenvalue weighted by molar-refractivity contribution is 5.81. The van der Waals surface area contributed by atoms with Crippen molar-refractivity contribution in [3.63, 3.8) is 0 Å². The van der Waals surface area contributed by atoms with Gasteiger partial charge in [0.15, 0.2) is 0 Å². The Morgan fingerprint density at radius 2 is 2.10 bits per heavy atom. The van der Waals surface area contributed by atoms with E-state index in [1.54, 1.807) is 11.9 Å². The molecule has 0 rings (SSSR count). The van der Waals surface area contributed by atoms with Gasteiger partial charge in [0.2, 0.25) is 5.91 Å². The summed E-state index contributed by atoms with van der Waals surface area (Å²) in [6, 6.07) is -0.315. The molecule has 0 aliphatic carbocycles. The normalized spacial score (nSPS) is 12.8. The summed E-state index contributed by atoms with van der Waals surface area (Å²) in [5.41, 5.74) is 5.50. The summed E-state index contributed by atoms with van der Waals surface area (Å²) in [5.74, 6) is 0.0324. The van der Waals surface area contributed by atoms with Crippen molar-refractivity contribution in [3.05, 3.63) is 0 Å². The van der Waals surface area contributed by atoms with E-state index in [9.17, 15) is 4.79 Å². The van der Waals surface area contributed by atoms with Gasteiger partial charge in [0.1, 0.15) is 0 Å². The molecule has 0 spiro atoms. The molecule has 10 heavy (non-hydrogen) atoms. The predicted octanol–water partition coefficient (Wildman–Crippen LogP) is 0.202. The van der Waals surface area contributed by atoms with Crippen LogP contribution in [0, 0.1) is 0 Å². The van der Waals surface area contributed by atoms with Crippen molar-refractivity contribution in [1.82, 2.24) is 4.90 Å². The number of hydrogen-bond donors (Lipinski definition) is 1. The molecule has 0 saturated carbocycles. The van der Waals surface area contributed by atoms with E-state index in [0.717, 1.165) is 6.54 Å². The zero-order chi connectivity index (χ0) is 8.15. The maximum Gasteiger partial charge on any atom is 0.239 e. The molecule has 0 bridgehead atoms. The fraction of sp³-hybridized carbons (Fsp3) is 0.857. The largest absolute Gasteiger partial charge is 0.345 e. The summed E-state index contributed by atoms with van der Waals surface area (Å²) in [4.78, 5) is 12.7. The molecule has 0 unspecified atom stereocenters. The van der Waals surface area contributed by atoms with E-state index in [4.69, 9.17) is 5.73 Å². The number of rotatable bonds is 3. The van der Waals surface area contributed by atoms with Crippen molar-refractivity contribution < 1.29 is 4.79 Å². The van der Waals surface area contributed by atoms with Crippen LogP contribution in [0.3, 0.4) is 0 Å². The van der Waals surface area contributed by atoms with Gasteiger partial charge in [0, 0.05) is 13.6 Å². The van der Waals surface area contributed by atoms with Crippen LogP contribution >= 0.6 is 0 Å². The molecule has 1 amide bonds. The van der Waals surface area contributed by atoms with Crippen molar-refractivity contribution in [3.8, 4) is 0 Å². The average Bonchev–Trinajstić information content (AvgIpc) is 2.00. The Balaban J connectivity index is 3.82. The van der Waals surface area contributed by atoms with E-state index in [1.807, 2.05) is 13.8 Å². The van der Waals surface area contributed by atoms with Crippen LogP contribution in [0.15, 0.2) is 0 Å². The summed E-state index contributed by atoms with van der Waals surface area (Å²) >= 11 is 0. The SMILES string of the molecule is CC[C@@H](N)C(=O)N(C)CC. The van der Waals surface area contributed by atoms with Crippen LogP contribution < -0.4 is 5.73 Å². The molecular weight excluding hydrogens is 128 g/mol. The highest BCUT2D eigenvalue weighted by atomic mass is 16.2. The standard InChI is InChI=1S/C7H16N2O/c1-4-6(8)7(10)9(3)5-2/h6H,4-5,8H2,1-3H3/t6-/m1/s1. The van der Waals surface area contributed by atoms with Gasteiger partial charge in [-0.25, -0.2) is 0 Å². The highest BCUT2D eigenvalue weighted by Gasteiger charge is 2.13. The van der Waals surface area contributed by atoms with Crippen LogP contribution in [0.1, 0.15) is 20.3 Å². The Bertz CT molecular complexity index is 102. The Kier molecular flexibility index (Phi) is 4.03. The van der Waals surface area contributed by atoms with Gasteiger partial charge in [-0.1, -0.05) is 6.92 Å². The molecule has 3 heteroatoms. The highest BCUT2D eigenvalue weighted by Crippen LogP contribution is 1.92. The van der Waals surface area contributed by atoms with Crippen LogP contribution in [0.2, 0.25) is 0 Å². The molecular formula is C7H16N2O. The van der Waals surface area contributed by atoms with Crippen LogP contribution in [0.25, 0.3) is 0 Å². The van der Waals surface area contributed by atoms with Gasteiger partial charge >= 0.3 is 0 Å². The first-order valence-electron chi connectivity index (χ1n) is 3.64. The minimum Gasteiger partial charge on any atom is -0.345 e.